The van der Waals surface area contributed by atoms with Crippen molar-refractivity contribution in [3.05, 3.63) is 42.5 Å². The average molecular weight is 235 g/mol. The predicted molar refractivity (Wildman–Crippen MR) is 65.8 cm³/mol. The van der Waals surface area contributed by atoms with Crippen LogP contribution in [0.2, 0.25) is 0 Å². The molecule has 17 heavy (non-hydrogen) atoms. The summed E-state index contributed by atoms with van der Waals surface area (Å²) in [5.74, 6) is 0.307. The van der Waals surface area contributed by atoms with Crippen molar-refractivity contribution in [2.45, 2.75) is 13.0 Å². The Kier molecular flexibility index (Phi) is 5.23. The first kappa shape index (κ1) is 13.3. The minimum atomic E-state index is -0.623. The third-order valence-electron chi connectivity index (χ3n) is 2.17. The number of carbonyl (C=O) groups excluding carboxylic acids is 1. The smallest absolute Gasteiger partial charge is 0.258 e. The summed E-state index contributed by atoms with van der Waals surface area (Å²) in [6.45, 7) is 5.50. The molecule has 0 saturated heterocycles. The molecule has 0 spiro atoms. The molecule has 1 aromatic carbocycles. The molecule has 92 valence electrons. The minimum absolute atomic E-state index is 0.0719. The highest BCUT2D eigenvalue weighted by Crippen LogP contribution is 2.24. The Labute approximate surface area is 101 Å². The summed E-state index contributed by atoms with van der Waals surface area (Å²) in [7, 11) is 0. The lowest BCUT2D eigenvalue weighted by atomic mass is 10.1. The van der Waals surface area contributed by atoms with E-state index in [1.54, 1.807) is 31.2 Å². The SMILES string of the molecule is C=CCNC(=O)COc1ccccc1C(C)O. The van der Waals surface area contributed by atoms with E-state index in [2.05, 4.69) is 11.9 Å². The molecule has 0 radical (unpaired) electrons. The molecule has 0 fully saturated rings. The fraction of sp³-hybridized carbons (Fsp3) is 0.308. The minimum Gasteiger partial charge on any atom is -0.483 e. The van der Waals surface area contributed by atoms with Crippen LogP contribution in [0.5, 0.6) is 5.75 Å². The van der Waals surface area contributed by atoms with Crippen molar-refractivity contribution in [1.29, 1.82) is 0 Å². The van der Waals surface area contributed by atoms with E-state index in [0.29, 0.717) is 17.9 Å². The number of hydrogen-bond donors (Lipinski definition) is 2. The fourth-order valence-corrected chi connectivity index (χ4v) is 1.34. The quantitative estimate of drug-likeness (QED) is 0.733. The maximum Gasteiger partial charge on any atom is 0.258 e. The first-order chi connectivity index (χ1) is 8.15. The molecule has 0 aliphatic heterocycles. The van der Waals surface area contributed by atoms with Crippen molar-refractivity contribution >= 4 is 5.91 Å². The monoisotopic (exact) mass is 235 g/mol. The molecule has 0 aliphatic rings. The fourth-order valence-electron chi connectivity index (χ4n) is 1.34. The Hall–Kier alpha value is -1.81. The van der Waals surface area contributed by atoms with Crippen LogP contribution in [0.3, 0.4) is 0 Å². The molecule has 4 heteroatoms. The predicted octanol–water partition coefficient (Wildman–Crippen LogP) is 1.42. The zero-order valence-corrected chi connectivity index (χ0v) is 9.85. The molecule has 0 heterocycles. The number of para-hydroxylation sites is 1. The van der Waals surface area contributed by atoms with Crippen LogP contribution in [0.15, 0.2) is 36.9 Å². The molecule has 1 unspecified atom stereocenters. The second-order valence-electron chi connectivity index (χ2n) is 3.60. The summed E-state index contributed by atoms with van der Waals surface area (Å²) in [5, 5.41) is 12.1. The highest BCUT2D eigenvalue weighted by Gasteiger charge is 2.09. The normalized spacial score (nSPS) is 11.6. The summed E-state index contributed by atoms with van der Waals surface area (Å²) >= 11 is 0. The third-order valence-corrected chi connectivity index (χ3v) is 2.17. The first-order valence-corrected chi connectivity index (χ1v) is 5.42. The Morgan fingerprint density at radius 2 is 2.29 bits per heavy atom. The number of aliphatic hydroxyl groups is 1. The number of benzene rings is 1. The van der Waals surface area contributed by atoms with Gasteiger partial charge >= 0.3 is 0 Å². The van der Waals surface area contributed by atoms with Gasteiger partial charge in [-0.2, -0.15) is 0 Å². The number of ether oxygens (including phenoxy) is 1. The molecule has 1 rings (SSSR count). The molecule has 0 saturated carbocycles. The van der Waals surface area contributed by atoms with Crippen molar-refractivity contribution in [3.8, 4) is 5.75 Å². The van der Waals surface area contributed by atoms with Crippen molar-refractivity contribution < 1.29 is 14.6 Å². The van der Waals surface area contributed by atoms with Gasteiger partial charge in [0.05, 0.1) is 6.10 Å². The van der Waals surface area contributed by atoms with Crippen LogP contribution in [-0.4, -0.2) is 24.2 Å². The van der Waals surface area contributed by atoms with Crippen LogP contribution in [0.4, 0.5) is 0 Å². The highest BCUT2D eigenvalue weighted by atomic mass is 16.5. The Morgan fingerprint density at radius 3 is 2.94 bits per heavy atom. The Morgan fingerprint density at radius 1 is 1.59 bits per heavy atom. The van der Waals surface area contributed by atoms with Gasteiger partial charge in [-0.15, -0.1) is 6.58 Å². The number of hydrogen-bond acceptors (Lipinski definition) is 3. The van der Waals surface area contributed by atoms with Gasteiger partial charge in [0.15, 0.2) is 6.61 Å². The molecule has 1 atom stereocenters. The van der Waals surface area contributed by atoms with E-state index in [1.807, 2.05) is 6.07 Å². The third kappa shape index (κ3) is 4.28. The second-order valence-corrected chi connectivity index (χ2v) is 3.60. The molecule has 1 aromatic rings. The van der Waals surface area contributed by atoms with E-state index < -0.39 is 6.10 Å². The lowest BCUT2D eigenvalue weighted by Crippen LogP contribution is -2.29. The van der Waals surface area contributed by atoms with Gasteiger partial charge in [0.1, 0.15) is 5.75 Å². The molecular formula is C13H17NO3. The lowest BCUT2D eigenvalue weighted by Gasteiger charge is -2.12. The number of nitrogens with one attached hydrogen (secondary N) is 1. The molecule has 0 bridgehead atoms. The van der Waals surface area contributed by atoms with Gasteiger partial charge in [-0.05, 0) is 13.0 Å². The van der Waals surface area contributed by atoms with Crippen LogP contribution >= 0.6 is 0 Å². The van der Waals surface area contributed by atoms with E-state index >= 15 is 0 Å². The summed E-state index contributed by atoms with van der Waals surface area (Å²) in [4.78, 5) is 11.3. The van der Waals surface area contributed by atoms with Gasteiger partial charge in [-0.1, -0.05) is 24.3 Å². The van der Waals surface area contributed by atoms with Crippen molar-refractivity contribution in [1.82, 2.24) is 5.32 Å². The van der Waals surface area contributed by atoms with Gasteiger partial charge < -0.3 is 15.2 Å². The van der Waals surface area contributed by atoms with Crippen LogP contribution in [-0.2, 0) is 4.79 Å². The van der Waals surface area contributed by atoms with Gasteiger partial charge in [0.25, 0.3) is 5.91 Å². The molecule has 2 N–H and O–H groups in total. The summed E-state index contributed by atoms with van der Waals surface area (Å²) in [5.41, 5.74) is 0.670. The molecule has 4 nitrogen and oxygen atoms in total. The van der Waals surface area contributed by atoms with Crippen LogP contribution in [0.25, 0.3) is 0 Å². The summed E-state index contributed by atoms with van der Waals surface area (Å²) in [6, 6.07) is 7.10. The Balaban J connectivity index is 2.56. The largest absolute Gasteiger partial charge is 0.483 e. The molecule has 1 amide bonds. The number of amides is 1. The van der Waals surface area contributed by atoms with Gasteiger partial charge in [0, 0.05) is 12.1 Å². The number of carbonyl (C=O) groups is 1. The first-order valence-electron chi connectivity index (χ1n) is 5.42. The number of aliphatic hydroxyl groups excluding tert-OH is 1. The maximum atomic E-state index is 11.3. The maximum absolute atomic E-state index is 11.3. The summed E-state index contributed by atoms with van der Waals surface area (Å²) < 4.78 is 5.35. The number of rotatable bonds is 6. The van der Waals surface area contributed by atoms with E-state index in [9.17, 15) is 9.90 Å². The van der Waals surface area contributed by atoms with Gasteiger partial charge in [0.2, 0.25) is 0 Å². The Bertz CT molecular complexity index is 388. The second kappa shape index (κ2) is 6.70. The zero-order valence-electron chi connectivity index (χ0n) is 9.85. The van der Waals surface area contributed by atoms with Crippen LogP contribution in [0.1, 0.15) is 18.6 Å². The van der Waals surface area contributed by atoms with E-state index in [-0.39, 0.29) is 12.5 Å². The van der Waals surface area contributed by atoms with Gasteiger partial charge in [-0.3, -0.25) is 4.79 Å². The van der Waals surface area contributed by atoms with E-state index in [4.69, 9.17) is 4.74 Å². The van der Waals surface area contributed by atoms with E-state index in [0.717, 1.165) is 0 Å². The van der Waals surface area contributed by atoms with Crippen molar-refractivity contribution in [2.75, 3.05) is 13.2 Å². The molecule has 0 aliphatic carbocycles. The van der Waals surface area contributed by atoms with Crippen molar-refractivity contribution in [3.63, 3.8) is 0 Å². The van der Waals surface area contributed by atoms with Crippen LogP contribution in [0, 0.1) is 0 Å². The lowest BCUT2D eigenvalue weighted by molar-refractivity contribution is -0.122. The average Bonchev–Trinajstić information content (AvgIpc) is 2.34. The molecular weight excluding hydrogens is 218 g/mol. The highest BCUT2D eigenvalue weighted by molar-refractivity contribution is 5.77. The topological polar surface area (TPSA) is 58.6 Å². The zero-order chi connectivity index (χ0) is 12.7. The van der Waals surface area contributed by atoms with Gasteiger partial charge in [-0.25, -0.2) is 0 Å². The summed E-state index contributed by atoms with van der Waals surface area (Å²) in [6.07, 6.45) is 0.976. The standard InChI is InChI=1S/C13H17NO3/c1-3-8-14-13(16)9-17-12-7-5-4-6-11(12)10(2)15/h3-7,10,15H,1,8-9H2,2H3,(H,14,16). The molecule has 0 aromatic heterocycles. The van der Waals surface area contributed by atoms with Crippen molar-refractivity contribution in [2.24, 2.45) is 0 Å². The van der Waals surface area contributed by atoms with Crippen LogP contribution < -0.4 is 10.1 Å². The van der Waals surface area contributed by atoms with E-state index in [1.165, 1.54) is 0 Å².